The molecular weight excluding hydrogens is 220 g/mol. The van der Waals surface area contributed by atoms with E-state index < -0.39 is 12.0 Å². The molecule has 2 N–H and O–H groups in total. The Balaban J connectivity index is 2.29. The molecular formula is C12H22N2O3. The van der Waals surface area contributed by atoms with E-state index in [1.165, 1.54) is 0 Å². The van der Waals surface area contributed by atoms with Gasteiger partial charge in [-0.15, -0.1) is 0 Å². The molecule has 0 aromatic heterocycles. The van der Waals surface area contributed by atoms with Gasteiger partial charge in [0.2, 0.25) is 5.91 Å². The summed E-state index contributed by atoms with van der Waals surface area (Å²) in [6.07, 6.45) is 4.53. The maximum absolute atomic E-state index is 11.7. The third kappa shape index (κ3) is 4.73. The third-order valence-corrected chi connectivity index (χ3v) is 3.10. The second-order valence-electron chi connectivity index (χ2n) is 4.50. The Morgan fingerprint density at radius 1 is 1.35 bits per heavy atom. The molecule has 1 heterocycles. The van der Waals surface area contributed by atoms with Crippen LogP contribution in [-0.2, 0) is 9.59 Å². The highest BCUT2D eigenvalue weighted by Crippen LogP contribution is 2.07. The zero-order valence-electron chi connectivity index (χ0n) is 10.4. The molecule has 1 rings (SSSR count). The number of carbonyl (C=O) groups excluding carboxylic acids is 1. The van der Waals surface area contributed by atoms with Crippen LogP contribution < -0.4 is 5.32 Å². The molecule has 17 heavy (non-hydrogen) atoms. The average Bonchev–Trinajstić information content (AvgIpc) is 2.81. The first kappa shape index (κ1) is 14.0. The molecule has 0 aromatic carbocycles. The number of hydrogen-bond donors (Lipinski definition) is 2. The van der Waals surface area contributed by atoms with E-state index in [-0.39, 0.29) is 12.5 Å². The van der Waals surface area contributed by atoms with Crippen LogP contribution in [0, 0.1) is 0 Å². The number of rotatable bonds is 7. The average molecular weight is 242 g/mol. The molecule has 1 aliphatic heterocycles. The van der Waals surface area contributed by atoms with Gasteiger partial charge in [0.15, 0.2) is 0 Å². The maximum Gasteiger partial charge on any atom is 0.320 e. The van der Waals surface area contributed by atoms with Gasteiger partial charge in [-0.2, -0.15) is 0 Å². The summed E-state index contributed by atoms with van der Waals surface area (Å²) < 4.78 is 0. The van der Waals surface area contributed by atoms with E-state index >= 15 is 0 Å². The van der Waals surface area contributed by atoms with Gasteiger partial charge in [0.1, 0.15) is 6.04 Å². The van der Waals surface area contributed by atoms with Crippen LogP contribution in [0.4, 0.5) is 0 Å². The summed E-state index contributed by atoms with van der Waals surface area (Å²) in [5.41, 5.74) is 0. The van der Waals surface area contributed by atoms with E-state index in [0.717, 1.165) is 38.8 Å². The zero-order chi connectivity index (χ0) is 12.7. The summed E-state index contributed by atoms with van der Waals surface area (Å²) >= 11 is 0. The van der Waals surface area contributed by atoms with Crippen LogP contribution in [-0.4, -0.2) is 47.6 Å². The SMILES string of the molecule is CCCCC(NCC(=O)N1CCCC1)C(=O)O. The van der Waals surface area contributed by atoms with Crippen molar-refractivity contribution in [3.8, 4) is 0 Å². The van der Waals surface area contributed by atoms with Crippen molar-refractivity contribution in [3.05, 3.63) is 0 Å². The summed E-state index contributed by atoms with van der Waals surface area (Å²) in [7, 11) is 0. The fourth-order valence-corrected chi connectivity index (χ4v) is 2.01. The molecule has 1 aliphatic rings. The molecule has 1 atom stereocenters. The van der Waals surface area contributed by atoms with E-state index in [4.69, 9.17) is 5.11 Å². The highest BCUT2D eigenvalue weighted by atomic mass is 16.4. The van der Waals surface area contributed by atoms with Crippen molar-refractivity contribution in [1.29, 1.82) is 0 Å². The number of likely N-dealkylation sites (tertiary alicyclic amines) is 1. The molecule has 0 aromatic rings. The lowest BCUT2D eigenvalue weighted by Gasteiger charge is -2.18. The summed E-state index contributed by atoms with van der Waals surface area (Å²) in [6, 6.07) is -0.596. The Morgan fingerprint density at radius 3 is 2.53 bits per heavy atom. The monoisotopic (exact) mass is 242 g/mol. The molecule has 98 valence electrons. The Kier molecular flexibility index (Phi) is 5.97. The van der Waals surface area contributed by atoms with Crippen LogP contribution in [0.25, 0.3) is 0 Å². The predicted octanol–water partition coefficient (Wildman–Crippen LogP) is 0.842. The first-order chi connectivity index (χ1) is 8.15. The van der Waals surface area contributed by atoms with Crippen LogP contribution in [0.5, 0.6) is 0 Å². The van der Waals surface area contributed by atoms with Gasteiger partial charge in [-0.1, -0.05) is 19.8 Å². The van der Waals surface area contributed by atoms with Gasteiger partial charge in [0.05, 0.1) is 6.54 Å². The number of nitrogens with zero attached hydrogens (tertiary/aromatic N) is 1. The Labute approximate surface area is 102 Å². The van der Waals surface area contributed by atoms with E-state index in [0.29, 0.717) is 6.42 Å². The predicted molar refractivity (Wildman–Crippen MR) is 64.8 cm³/mol. The molecule has 1 amide bonds. The van der Waals surface area contributed by atoms with Crippen molar-refractivity contribution in [2.24, 2.45) is 0 Å². The van der Waals surface area contributed by atoms with Crippen LogP contribution in [0.2, 0.25) is 0 Å². The summed E-state index contributed by atoms with van der Waals surface area (Å²) in [4.78, 5) is 24.5. The normalized spacial score (nSPS) is 17.1. The van der Waals surface area contributed by atoms with E-state index in [1.54, 1.807) is 4.90 Å². The molecule has 0 bridgehead atoms. The van der Waals surface area contributed by atoms with E-state index in [2.05, 4.69) is 5.32 Å². The van der Waals surface area contributed by atoms with Gasteiger partial charge < -0.3 is 10.0 Å². The van der Waals surface area contributed by atoms with Gasteiger partial charge in [-0.25, -0.2) is 0 Å². The molecule has 1 fully saturated rings. The first-order valence-corrected chi connectivity index (χ1v) is 6.39. The van der Waals surface area contributed by atoms with Gasteiger partial charge in [-0.05, 0) is 19.3 Å². The molecule has 1 saturated heterocycles. The highest BCUT2D eigenvalue weighted by molar-refractivity contribution is 5.80. The maximum atomic E-state index is 11.7. The van der Waals surface area contributed by atoms with Crippen LogP contribution in [0.15, 0.2) is 0 Å². The van der Waals surface area contributed by atoms with Crippen LogP contribution >= 0.6 is 0 Å². The quantitative estimate of drug-likeness (QED) is 0.694. The lowest BCUT2D eigenvalue weighted by molar-refractivity contribution is -0.140. The molecule has 0 saturated carbocycles. The number of carboxylic acids is 1. The van der Waals surface area contributed by atoms with E-state index in [1.807, 2.05) is 6.92 Å². The number of carbonyl (C=O) groups is 2. The number of hydrogen-bond acceptors (Lipinski definition) is 3. The highest BCUT2D eigenvalue weighted by Gasteiger charge is 2.21. The summed E-state index contributed by atoms with van der Waals surface area (Å²) in [5.74, 6) is -0.849. The standard InChI is InChI=1S/C12H22N2O3/c1-2-3-6-10(12(16)17)13-9-11(15)14-7-4-5-8-14/h10,13H,2-9H2,1H3,(H,16,17). The molecule has 0 radical (unpaired) electrons. The molecule has 5 heteroatoms. The number of carboxylic acid groups (broad SMARTS) is 1. The molecule has 5 nitrogen and oxygen atoms in total. The topological polar surface area (TPSA) is 69.6 Å². The Morgan fingerprint density at radius 2 is 2.00 bits per heavy atom. The minimum atomic E-state index is -0.868. The van der Waals surface area contributed by atoms with Gasteiger partial charge in [0.25, 0.3) is 0 Å². The third-order valence-electron chi connectivity index (χ3n) is 3.10. The van der Waals surface area contributed by atoms with Gasteiger partial charge >= 0.3 is 5.97 Å². The smallest absolute Gasteiger partial charge is 0.320 e. The fourth-order valence-electron chi connectivity index (χ4n) is 2.01. The number of unbranched alkanes of at least 4 members (excludes halogenated alkanes) is 1. The number of amides is 1. The van der Waals surface area contributed by atoms with Gasteiger partial charge in [0, 0.05) is 13.1 Å². The van der Waals surface area contributed by atoms with Gasteiger partial charge in [-0.3, -0.25) is 14.9 Å². The Bertz CT molecular complexity index is 262. The lowest BCUT2D eigenvalue weighted by atomic mass is 10.1. The number of aliphatic carboxylic acids is 1. The second-order valence-corrected chi connectivity index (χ2v) is 4.50. The van der Waals surface area contributed by atoms with Crippen molar-refractivity contribution in [2.45, 2.75) is 45.1 Å². The van der Waals surface area contributed by atoms with Crippen molar-refractivity contribution in [2.75, 3.05) is 19.6 Å². The van der Waals surface area contributed by atoms with Crippen LogP contribution in [0.1, 0.15) is 39.0 Å². The molecule has 0 spiro atoms. The summed E-state index contributed by atoms with van der Waals surface area (Å²) in [6.45, 7) is 3.79. The number of nitrogens with one attached hydrogen (secondary N) is 1. The molecule has 0 aliphatic carbocycles. The van der Waals surface area contributed by atoms with Crippen LogP contribution in [0.3, 0.4) is 0 Å². The minimum Gasteiger partial charge on any atom is -0.480 e. The zero-order valence-corrected chi connectivity index (χ0v) is 10.4. The van der Waals surface area contributed by atoms with Crippen molar-refractivity contribution < 1.29 is 14.7 Å². The lowest BCUT2D eigenvalue weighted by Crippen LogP contribution is -2.43. The first-order valence-electron chi connectivity index (χ1n) is 6.39. The minimum absolute atomic E-state index is 0.0187. The van der Waals surface area contributed by atoms with E-state index in [9.17, 15) is 9.59 Å². The Hall–Kier alpha value is -1.10. The van der Waals surface area contributed by atoms with Crippen molar-refractivity contribution >= 4 is 11.9 Å². The van der Waals surface area contributed by atoms with Crippen molar-refractivity contribution in [1.82, 2.24) is 10.2 Å². The second kappa shape index (κ2) is 7.27. The fraction of sp³-hybridized carbons (Fsp3) is 0.833. The molecule has 1 unspecified atom stereocenters. The largest absolute Gasteiger partial charge is 0.480 e. The summed E-state index contributed by atoms with van der Waals surface area (Å²) in [5, 5.41) is 11.8. The van der Waals surface area contributed by atoms with Crippen molar-refractivity contribution in [3.63, 3.8) is 0 Å².